The van der Waals surface area contributed by atoms with Gasteiger partial charge in [0.2, 0.25) is 5.91 Å². The van der Waals surface area contributed by atoms with Gasteiger partial charge in [0, 0.05) is 25.6 Å². The average Bonchev–Trinajstić information content (AvgIpc) is 3.04. The van der Waals surface area contributed by atoms with E-state index in [1.54, 1.807) is 0 Å². The third kappa shape index (κ3) is 4.77. The number of hydrogen-bond donors (Lipinski definition) is 3. The van der Waals surface area contributed by atoms with Crippen LogP contribution in [0.1, 0.15) is 30.9 Å². The van der Waals surface area contributed by atoms with Gasteiger partial charge in [-0.05, 0) is 55.1 Å². The lowest BCUT2D eigenvalue weighted by Gasteiger charge is -2.40. The fraction of sp³-hybridized carbons (Fsp3) is 0.375. The molecule has 162 valence electrons. The van der Waals surface area contributed by atoms with E-state index in [1.807, 2.05) is 54.6 Å². The predicted molar refractivity (Wildman–Crippen MR) is 118 cm³/mol. The van der Waals surface area contributed by atoms with Crippen LogP contribution in [0.4, 0.5) is 10.5 Å². The zero-order valence-electron chi connectivity index (χ0n) is 17.7. The first-order valence-corrected chi connectivity index (χ1v) is 10.7. The lowest BCUT2D eigenvalue weighted by molar-refractivity contribution is -0.126. The molecule has 2 aromatic rings. The molecular formula is C24H28N4O3. The molecule has 1 atom stereocenters. The smallest absolute Gasteiger partial charge is 0.322 e. The molecule has 31 heavy (non-hydrogen) atoms. The number of nitrogens with zero attached hydrogens (tertiary/aromatic N) is 1. The van der Waals surface area contributed by atoms with Gasteiger partial charge in [0.15, 0.2) is 0 Å². The van der Waals surface area contributed by atoms with Crippen LogP contribution in [-0.4, -0.2) is 41.4 Å². The van der Waals surface area contributed by atoms with Crippen molar-refractivity contribution in [3.63, 3.8) is 0 Å². The van der Waals surface area contributed by atoms with Gasteiger partial charge in [0.1, 0.15) is 5.54 Å². The predicted octanol–water partition coefficient (Wildman–Crippen LogP) is 2.68. The van der Waals surface area contributed by atoms with Crippen molar-refractivity contribution in [1.29, 1.82) is 0 Å². The minimum absolute atomic E-state index is 0.0811. The Kier molecular flexibility index (Phi) is 6.04. The average molecular weight is 421 g/mol. The van der Waals surface area contributed by atoms with E-state index in [-0.39, 0.29) is 17.7 Å². The number of rotatable bonds is 6. The summed E-state index contributed by atoms with van der Waals surface area (Å²) >= 11 is 0. The Morgan fingerprint density at radius 2 is 1.71 bits per heavy atom. The standard InChI is InChI=1S/C24H28N4O3/c1-17(29)25-21-9-7-19(8-10-21)16-28-13-11-20(12-14-28)24(22(30)26-23(31)27-24)15-18-5-3-2-4-6-18/h2-10,20H,11-16H2,1H3,(H,25,29)(H2,26,27,30,31)/t24-/m1/s1. The molecule has 2 aliphatic rings. The maximum atomic E-state index is 12.9. The monoisotopic (exact) mass is 420 g/mol. The SMILES string of the molecule is CC(=O)Nc1ccc(CN2CCC([C@@]3(Cc4ccccc4)NC(=O)NC3=O)CC2)cc1. The molecule has 7 heteroatoms. The highest BCUT2D eigenvalue weighted by molar-refractivity contribution is 6.07. The van der Waals surface area contributed by atoms with Crippen molar-refractivity contribution in [2.45, 2.75) is 38.3 Å². The van der Waals surface area contributed by atoms with Crippen molar-refractivity contribution in [3.05, 3.63) is 65.7 Å². The molecule has 0 radical (unpaired) electrons. The maximum absolute atomic E-state index is 12.9. The summed E-state index contributed by atoms with van der Waals surface area (Å²) in [6.07, 6.45) is 2.18. The van der Waals surface area contributed by atoms with Crippen molar-refractivity contribution < 1.29 is 14.4 Å². The fourth-order valence-corrected chi connectivity index (χ4v) is 4.72. The summed E-state index contributed by atoms with van der Waals surface area (Å²) in [4.78, 5) is 38.4. The van der Waals surface area contributed by atoms with Gasteiger partial charge in [-0.15, -0.1) is 0 Å². The zero-order valence-corrected chi connectivity index (χ0v) is 17.7. The van der Waals surface area contributed by atoms with Crippen LogP contribution in [0.5, 0.6) is 0 Å². The van der Waals surface area contributed by atoms with Crippen LogP contribution >= 0.6 is 0 Å². The summed E-state index contributed by atoms with van der Waals surface area (Å²) in [7, 11) is 0. The van der Waals surface area contributed by atoms with Crippen LogP contribution in [0.15, 0.2) is 54.6 Å². The Hall–Kier alpha value is -3.19. The third-order valence-corrected chi connectivity index (χ3v) is 6.26. The molecule has 2 fully saturated rings. The van der Waals surface area contributed by atoms with E-state index in [2.05, 4.69) is 20.9 Å². The highest BCUT2D eigenvalue weighted by atomic mass is 16.2. The number of amides is 4. The molecule has 2 heterocycles. The summed E-state index contributed by atoms with van der Waals surface area (Å²) in [6.45, 7) is 4.03. The summed E-state index contributed by atoms with van der Waals surface area (Å²) in [5.41, 5.74) is 2.13. The highest BCUT2D eigenvalue weighted by Crippen LogP contribution is 2.34. The molecule has 4 rings (SSSR count). The van der Waals surface area contributed by atoms with Crippen LogP contribution in [0.25, 0.3) is 0 Å². The number of hydrogen-bond acceptors (Lipinski definition) is 4. The van der Waals surface area contributed by atoms with Crippen LogP contribution in [0, 0.1) is 5.92 Å². The second-order valence-corrected chi connectivity index (χ2v) is 8.47. The minimum atomic E-state index is -0.884. The topological polar surface area (TPSA) is 90.5 Å². The molecule has 0 bridgehead atoms. The first-order valence-electron chi connectivity index (χ1n) is 10.7. The Bertz CT molecular complexity index is 953. The minimum Gasteiger partial charge on any atom is -0.326 e. The van der Waals surface area contributed by atoms with Gasteiger partial charge in [-0.2, -0.15) is 0 Å². The summed E-state index contributed by atoms with van der Waals surface area (Å²) in [5.74, 6) is -0.215. The van der Waals surface area contributed by atoms with Crippen LogP contribution in [-0.2, 0) is 22.6 Å². The number of carbonyl (C=O) groups is 3. The highest BCUT2D eigenvalue weighted by Gasteiger charge is 2.52. The number of anilines is 1. The van der Waals surface area contributed by atoms with E-state index < -0.39 is 11.6 Å². The molecule has 0 spiro atoms. The Morgan fingerprint density at radius 1 is 1.03 bits per heavy atom. The van der Waals surface area contributed by atoms with E-state index in [4.69, 9.17) is 0 Å². The maximum Gasteiger partial charge on any atom is 0.322 e. The summed E-state index contributed by atoms with van der Waals surface area (Å²) in [5, 5.41) is 8.21. The molecule has 2 saturated heterocycles. The van der Waals surface area contributed by atoms with Gasteiger partial charge in [-0.3, -0.25) is 19.8 Å². The largest absolute Gasteiger partial charge is 0.326 e. The van der Waals surface area contributed by atoms with E-state index in [9.17, 15) is 14.4 Å². The first kappa shape index (κ1) is 21.1. The Labute approximate surface area is 182 Å². The molecule has 2 aliphatic heterocycles. The first-order chi connectivity index (χ1) is 14.9. The number of benzene rings is 2. The van der Waals surface area contributed by atoms with Gasteiger partial charge >= 0.3 is 6.03 Å². The van der Waals surface area contributed by atoms with E-state index >= 15 is 0 Å². The second-order valence-electron chi connectivity index (χ2n) is 8.47. The van der Waals surface area contributed by atoms with Crippen molar-refractivity contribution in [2.75, 3.05) is 18.4 Å². The van der Waals surface area contributed by atoms with Crippen LogP contribution < -0.4 is 16.0 Å². The lowest BCUT2D eigenvalue weighted by Crippen LogP contribution is -2.57. The van der Waals surface area contributed by atoms with Crippen LogP contribution in [0.3, 0.4) is 0 Å². The molecule has 0 saturated carbocycles. The van der Waals surface area contributed by atoms with E-state index in [0.29, 0.717) is 6.42 Å². The lowest BCUT2D eigenvalue weighted by atomic mass is 9.74. The number of urea groups is 1. The summed E-state index contributed by atoms with van der Waals surface area (Å²) < 4.78 is 0. The van der Waals surface area contributed by atoms with Crippen molar-refractivity contribution in [3.8, 4) is 0 Å². The van der Waals surface area contributed by atoms with Crippen molar-refractivity contribution >= 4 is 23.5 Å². The molecular weight excluding hydrogens is 392 g/mol. The molecule has 0 aliphatic carbocycles. The number of nitrogens with one attached hydrogen (secondary N) is 3. The Balaban J connectivity index is 1.40. The quantitative estimate of drug-likeness (QED) is 0.627. The molecule has 7 nitrogen and oxygen atoms in total. The zero-order chi connectivity index (χ0) is 21.8. The van der Waals surface area contributed by atoms with Gasteiger partial charge < -0.3 is 10.6 Å². The molecule has 2 aromatic carbocycles. The molecule has 3 N–H and O–H groups in total. The van der Waals surface area contributed by atoms with Gasteiger partial charge in [-0.1, -0.05) is 42.5 Å². The van der Waals surface area contributed by atoms with Crippen molar-refractivity contribution in [1.82, 2.24) is 15.5 Å². The van der Waals surface area contributed by atoms with Crippen LogP contribution in [0.2, 0.25) is 0 Å². The van der Waals surface area contributed by atoms with Gasteiger partial charge in [0.05, 0.1) is 0 Å². The molecule has 4 amide bonds. The number of imide groups is 1. The Morgan fingerprint density at radius 3 is 2.29 bits per heavy atom. The fourth-order valence-electron chi connectivity index (χ4n) is 4.72. The number of carbonyl (C=O) groups excluding carboxylic acids is 3. The van der Waals surface area contributed by atoms with Gasteiger partial charge in [-0.25, -0.2) is 4.79 Å². The normalized spacial score (nSPS) is 22.1. The second kappa shape index (κ2) is 8.89. The third-order valence-electron chi connectivity index (χ3n) is 6.26. The number of likely N-dealkylation sites (tertiary alicyclic amines) is 1. The number of piperidine rings is 1. The molecule has 0 unspecified atom stereocenters. The molecule has 0 aromatic heterocycles. The van der Waals surface area contributed by atoms with E-state index in [0.717, 1.165) is 43.7 Å². The van der Waals surface area contributed by atoms with E-state index in [1.165, 1.54) is 12.5 Å². The summed E-state index contributed by atoms with van der Waals surface area (Å²) in [6, 6.07) is 17.3. The van der Waals surface area contributed by atoms with Crippen molar-refractivity contribution in [2.24, 2.45) is 5.92 Å². The van der Waals surface area contributed by atoms with Gasteiger partial charge in [0.25, 0.3) is 5.91 Å².